The number of carbonyl (C=O) groups is 2. The van der Waals surface area contributed by atoms with Gasteiger partial charge in [-0.3, -0.25) is 9.59 Å². The fourth-order valence-corrected chi connectivity index (χ4v) is 3.67. The van der Waals surface area contributed by atoms with Crippen LogP contribution in [0.25, 0.3) is 11.0 Å². The van der Waals surface area contributed by atoms with E-state index >= 15 is 0 Å². The van der Waals surface area contributed by atoms with E-state index in [9.17, 15) is 9.59 Å². The molecule has 2 aromatic carbocycles. The molecule has 1 N–H and O–H groups in total. The number of fused-ring (bicyclic) bond motifs is 1. The molecule has 0 radical (unpaired) electrons. The Morgan fingerprint density at radius 1 is 1.18 bits per heavy atom. The molecule has 0 spiro atoms. The topological polar surface area (TPSA) is 71.8 Å². The number of methoxy groups -OCH3 is 1. The summed E-state index contributed by atoms with van der Waals surface area (Å²) in [5.41, 5.74) is 3.91. The number of ether oxygens (including phenoxy) is 1. The maximum absolute atomic E-state index is 12.8. The van der Waals surface area contributed by atoms with Crippen LogP contribution in [0.1, 0.15) is 34.5 Å². The first kappa shape index (κ1) is 18.1. The number of rotatable bonds is 4. The lowest BCUT2D eigenvalue weighted by Crippen LogP contribution is -2.24. The number of amides is 2. The minimum Gasteiger partial charge on any atom is -0.497 e. The molecular weight excluding hydrogens is 356 g/mol. The highest BCUT2D eigenvalue weighted by molar-refractivity contribution is 6.07. The number of anilines is 2. The molecule has 2 heterocycles. The Balaban J connectivity index is 1.58. The van der Waals surface area contributed by atoms with Gasteiger partial charge in [0, 0.05) is 35.3 Å². The van der Waals surface area contributed by atoms with E-state index in [2.05, 4.69) is 5.32 Å². The molecule has 2 amide bonds. The van der Waals surface area contributed by atoms with Crippen LogP contribution in [-0.4, -0.2) is 25.5 Å². The first-order chi connectivity index (χ1) is 13.5. The minimum atomic E-state index is -0.308. The van der Waals surface area contributed by atoms with Crippen LogP contribution in [0.5, 0.6) is 5.75 Å². The number of nitrogens with one attached hydrogen (secondary N) is 1. The molecule has 6 heteroatoms. The van der Waals surface area contributed by atoms with Crippen molar-refractivity contribution < 1.29 is 18.7 Å². The van der Waals surface area contributed by atoms with Crippen LogP contribution in [0.4, 0.5) is 11.4 Å². The Labute approximate surface area is 163 Å². The Morgan fingerprint density at radius 3 is 2.68 bits per heavy atom. The van der Waals surface area contributed by atoms with Crippen molar-refractivity contribution in [1.82, 2.24) is 0 Å². The van der Waals surface area contributed by atoms with Gasteiger partial charge in [-0.1, -0.05) is 0 Å². The Kier molecular flexibility index (Phi) is 4.55. The fourth-order valence-electron chi connectivity index (χ4n) is 3.67. The van der Waals surface area contributed by atoms with Gasteiger partial charge in [0.25, 0.3) is 5.91 Å². The first-order valence-electron chi connectivity index (χ1n) is 9.27. The van der Waals surface area contributed by atoms with Gasteiger partial charge in [-0.15, -0.1) is 0 Å². The van der Waals surface area contributed by atoms with Crippen molar-refractivity contribution in [3.05, 3.63) is 53.3 Å². The van der Waals surface area contributed by atoms with Crippen LogP contribution < -0.4 is 15.0 Å². The molecule has 1 aliphatic heterocycles. The van der Waals surface area contributed by atoms with Crippen molar-refractivity contribution in [2.24, 2.45) is 0 Å². The summed E-state index contributed by atoms with van der Waals surface area (Å²) >= 11 is 0. The molecule has 3 aromatic rings. The van der Waals surface area contributed by atoms with Gasteiger partial charge in [0.15, 0.2) is 5.76 Å². The van der Waals surface area contributed by atoms with E-state index < -0.39 is 0 Å². The summed E-state index contributed by atoms with van der Waals surface area (Å²) in [6.45, 7) is 4.54. The van der Waals surface area contributed by atoms with Crippen LogP contribution in [0.3, 0.4) is 0 Å². The third-order valence-corrected chi connectivity index (χ3v) is 5.17. The molecule has 28 heavy (non-hydrogen) atoms. The van der Waals surface area contributed by atoms with E-state index in [0.717, 1.165) is 35.2 Å². The second kappa shape index (κ2) is 7.03. The third-order valence-electron chi connectivity index (χ3n) is 5.17. The Bertz CT molecular complexity index is 1080. The molecule has 0 unspecified atom stereocenters. The highest BCUT2D eigenvalue weighted by Crippen LogP contribution is 2.30. The number of aryl methyl sites for hydroxylation is 2. The van der Waals surface area contributed by atoms with E-state index in [-0.39, 0.29) is 17.6 Å². The summed E-state index contributed by atoms with van der Waals surface area (Å²) < 4.78 is 11.0. The Hall–Kier alpha value is -3.28. The van der Waals surface area contributed by atoms with Crippen LogP contribution in [0, 0.1) is 13.8 Å². The summed E-state index contributed by atoms with van der Waals surface area (Å²) in [7, 11) is 1.60. The molecule has 0 atom stereocenters. The van der Waals surface area contributed by atoms with E-state index in [1.165, 1.54) is 0 Å². The highest BCUT2D eigenvalue weighted by Gasteiger charge is 2.23. The number of furan rings is 1. The summed E-state index contributed by atoms with van der Waals surface area (Å²) in [6.07, 6.45) is 1.47. The largest absolute Gasteiger partial charge is 0.497 e. The molecule has 6 nitrogen and oxygen atoms in total. The second-order valence-corrected chi connectivity index (χ2v) is 7.02. The summed E-state index contributed by atoms with van der Waals surface area (Å²) in [4.78, 5) is 26.5. The predicted octanol–water partition coefficient (Wildman–Crippen LogP) is 4.44. The lowest BCUT2D eigenvalue weighted by atomic mass is 10.1. The molecule has 1 aromatic heterocycles. The van der Waals surface area contributed by atoms with E-state index in [1.54, 1.807) is 24.1 Å². The number of hydrogen-bond acceptors (Lipinski definition) is 4. The van der Waals surface area contributed by atoms with Crippen molar-refractivity contribution in [2.75, 3.05) is 23.9 Å². The van der Waals surface area contributed by atoms with Crippen molar-refractivity contribution in [3.63, 3.8) is 0 Å². The van der Waals surface area contributed by atoms with E-state index in [1.807, 2.05) is 38.1 Å². The summed E-state index contributed by atoms with van der Waals surface area (Å²) in [5.74, 6) is 0.830. The van der Waals surface area contributed by atoms with Crippen molar-refractivity contribution in [2.45, 2.75) is 26.7 Å². The molecule has 1 saturated heterocycles. The van der Waals surface area contributed by atoms with Gasteiger partial charge in [0.2, 0.25) is 5.91 Å². The number of carbonyl (C=O) groups excluding carboxylic acids is 2. The molecular formula is C22H22N2O4. The monoisotopic (exact) mass is 378 g/mol. The van der Waals surface area contributed by atoms with Crippen molar-refractivity contribution >= 4 is 34.2 Å². The average Bonchev–Trinajstić information content (AvgIpc) is 3.25. The first-order valence-corrected chi connectivity index (χ1v) is 9.27. The predicted molar refractivity (Wildman–Crippen MR) is 108 cm³/mol. The van der Waals surface area contributed by atoms with Gasteiger partial charge in [0.1, 0.15) is 11.3 Å². The van der Waals surface area contributed by atoms with Crippen molar-refractivity contribution in [1.29, 1.82) is 0 Å². The lowest BCUT2D eigenvalue weighted by molar-refractivity contribution is -0.117. The zero-order chi connectivity index (χ0) is 19.8. The van der Waals surface area contributed by atoms with Gasteiger partial charge in [-0.05, 0) is 62.2 Å². The molecule has 144 valence electrons. The minimum absolute atomic E-state index is 0.146. The fraction of sp³-hybridized carbons (Fsp3) is 0.273. The van der Waals surface area contributed by atoms with Crippen LogP contribution in [0.2, 0.25) is 0 Å². The maximum atomic E-state index is 12.8. The normalized spacial score (nSPS) is 14.0. The smallest absolute Gasteiger partial charge is 0.291 e. The van der Waals surface area contributed by atoms with Gasteiger partial charge in [-0.2, -0.15) is 0 Å². The number of benzene rings is 2. The third kappa shape index (κ3) is 3.11. The summed E-state index contributed by atoms with van der Waals surface area (Å²) in [6, 6.07) is 11.0. The SMILES string of the molecule is COc1ccc2oc(C(=O)Nc3ccc(N4CCCC4=O)c(C)c3)c(C)c2c1. The highest BCUT2D eigenvalue weighted by atomic mass is 16.5. The van der Waals surface area contributed by atoms with Gasteiger partial charge in [0.05, 0.1) is 7.11 Å². The molecule has 1 aliphatic rings. The van der Waals surface area contributed by atoms with E-state index in [0.29, 0.717) is 23.4 Å². The van der Waals surface area contributed by atoms with Gasteiger partial charge in [-0.25, -0.2) is 0 Å². The molecule has 0 bridgehead atoms. The Morgan fingerprint density at radius 2 is 2.00 bits per heavy atom. The molecule has 4 rings (SSSR count). The average molecular weight is 378 g/mol. The lowest BCUT2D eigenvalue weighted by Gasteiger charge is -2.19. The van der Waals surface area contributed by atoms with Crippen LogP contribution in [0.15, 0.2) is 40.8 Å². The number of hydrogen-bond donors (Lipinski definition) is 1. The van der Waals surface area contributed by atoms with Crippen molar-refractivity contribution in [3.8, 4) is 5.75 Å². The zero-order valence-corrected chi connectivity index (χ0v) is 16.2. The van der Waals surface area contributed by atoms with Crippen LogP contribution >= 0.6 is 0 Å². The van der Waals surface area contributed by atoms with Crippen LogP contribution in [-0.2, 0) is 4.79 Å². The van der Waals surface area contributed by atoms with E-state index in [4.69, 9.17) is 9.15 Å². The molecule has 0 aliphatic carbocycles. The second-order valence-electron chi connectivity index (χ2n) is 7.02. The number of nitrogens with zero attached hydrogens (tertiary/aromatic N) is 1. The molecule has 0 saturated carbocycles. The maximum Gasteiger partial charge on any atom is 0.291 e. The summed E-state index contributed by atoms with van der Waals surface area (Å²) in [5, 5.41) is 3.74. The zero-order valence-electron chi connectivity index (χ0n) is 16.2. The quantitative estimate of drug-likeness (QED) is 0.729. The van der Waals surface area contributed by atoms with Gasteiger partial charge < -0.3 is 19.4 Å². The van der Waals surface area contributed by atoms with Gasteiger partial charge >= 0.3 is 0 Å². The standard InChI is InChI=1S/C22H22N2O4/c1-13-11-15(6-8-18(13)24-10-4-5-20(24)25)23-22(26)21-14(2)17-12-16(27-3)7-9-19(17)28-21/h6-9,11-12H,4-5,10H2,1-3H3,(H,23,26). The molecule has 1 fully saturated rings.